The van der Waals surface area contributed by atoms with E-state index < -0.39 is 10.0 Å². The van der Waals surface area contributed by atoms with Crippen LogP contribution in [0, 0.1) is 0 Å². The Balaban J connectivity index is 2.01. The number of aldehydes is 1. The summed E-state index contributed by atoms with van der Waals surface area (Å²) in [5.74, 6) is 0.154. The Kier molecular flexibility index (Phi) is 4.21. The lowest BCUT2D eigenvalue weighted by molar-refractivity contribution is 0.112. The zero-order chi connectivity index (χ0) is 13.9. The number of piperazine rings is 1. The lowest BCUT2D eigenvalue weighted by Gasteiger charge is -2.35. The largest absolute Gasteiger partial charge is 0.369 e. The monoisotopic (exact) mass is 282 g/mol. The first kappa shape index (κ1) is 14.0. The molecule has 0 aliphatic carbocycles. The minimum Gasteiger partial charge on any atom is -0.369 e. The number of nitrogens with zero attached hydrogens (tertiary/aromatic N) is 2. The molecule has 0 amide bonds. The quantitative estimate of drug-likeness (QED) is 0.772. The van der Waals surface area contributed by atoms with E-state index in [4.69, 9.17) is 0 Å². The molecule has 0 bridgehead atoms. The molecule has 0 spiro atoms. The van der Waals surface area contributed by atoms with Crippen molar-refractivity contribution in [3.05, 3.63) is 29.8 Å². The smallest absolute Gasteiger partial charge is 0.213 e. The van der Waals surface area contributed by atoms with Crippen molar-refractivity contribution >= 4 is 22.0 Å². The highest BCUT2D eigenvalue weighted by Crippen LogP contribution is 2.18. The average molecular weight is 282 g/mol. The van der Waals surface area contributed by atoms with Gasteiger partial charge in [-0.3, -0.25) is 4.79 Å². The standard InChI is InChI=1S/C13H18N2O3S/c1-2-19(17,18)15-9-7-14(8-10-15)13-5-3-12(11-16)4-6-13/h3-6,11H,2,7-10H2,1H3. The number of sulfonamides is 1. The summed E-state index contributed by atoms with van der Waals surface area (Å²) in [5, 5.41) is 0. The van der Waals surface area contributed by atoms with E-state index in [0.717, 1.165) is 12.0 Å². The van der Waals surface area contributed by atoms with Crippen LogP contribution in [-0.4, -0.2) is 50.9 Å². The average Bonchev–Trinajstić information content (AvgIpc) is 2.47. The van der Waals surface area contributed by atoms with Gasteiger partial charge in [-0.25, -0.2) is 8.42 Å². The van der Waals surface area contributed by atoms with Gasteiger partial charge in [0.1, 0.15) is 6.29 Å². The summed E-state index contributed by atoms with van der Waals surface area (Å²) in [6.07, 6.45) is 0.815. The molecule has 1 aliphatic heterocycles. The van der Waals surface area contributed by atoms with Gasteiger partial charge in [0.2, 0.25) is 10.0 Å². The maximum atomic E-state index is 11.7. The van der Waals surface area contributed by atoms with Gasteiger partial charge in [0, 0.05) is 37.4 Å². The molecule has 6 heteroatoms. The predicted octanol–water partition coefficient (Wildman–Crippen LogP) is 0.971. The molecule has 0 saturated carbocycles. The second kappa shape index (κ2) is 5.71. The molecule has 0 aromatic heterocycles. The molecule has 0 N–H and O–H groups in total. The van der Waals surface area contributed by atoms with E-state index in [-0.39, 0.29) is 5.75 Å². The highest BCUT2D eigenvalue weighted by molar-refractivity contribution is 7.89. The Morgan fingerprint density at radius 1 is 1.11 bits per heavy atom. The van der Waals surface area contributed by atoms with Crippen molar-refractivity contribution in [2.45, 2.75) is 6.92 Å². The highest BCUT2D eigenvalue weighted by atomic mass is 32.2. The second-order valence-electron chi connectivity index (χ2n) is 4.50. The molecule has 1 aliphatic rings. The lowest BCUT2D eigenvalue weighted by Crippen LogP contribution is -2.49. The topological polar surface area (TPSA) is 57.7 Å². The number of benzene rings is 1. The third-order valence-corrected chi connectivity index (χ3v) is 5.27. The molecule has 19 heavy (non-hydrogen) atoms. The van der Waals surface area contributed by atoms with Crippen LogP contribution in [-0.2, 0) is 10.0 Å². The summed E-state index contributed by atoms with van der Waals surface area (Å²) < 4.78 is 25.0. The molecule has 1 aromatic rings. The zero-order valence-electron chi connectivity index (χ0n) is 10.9. The van der Waals surface area contributed by atoms with Crippen molar-refractivity contribution in [3.8, 4) is 0 Å². The Morgan fingerprint density at radius 2 is 1.68 bits per heavy atom. The van der Waals surface area contributed by atoms with E-state index in [1.807, 2.05) is 12.1 Å². The summed E-state index contributed by atoms with van der Waals surface area (Å²) in [4.78, 5) is 12.7. The fourth-order valence-electron chi connectivity index (χ4n) is 2.17. The number of hydrogen-bond acceptors (Lipinski definition) is 4. The first-order valence-electron chi connectivity index (χ1n) is 6.35. The molecule has 5 nitrogen and oxygen atoms in total. The minimum atomic E-state index is -3.08. The van der Waals surface area contributed by atoms with Crippen LogP contribution in [0.1, 0.15) is 17.3 Å². The Bertz CT molecular complexity index is 532. The fraction of sp³-hybridized carbons (Fsp3) is 0.462. The first-order valence-corrected chi connectivity index (χ1v) is 7.96. The Morgan fingerprint density at radius 3 is 2.16 bits per heavy atom. The summed E-state index contributed by atoms with van der Waals surface area (Å²) in [6, 6.07) is 7.34. The van der Waals surface area contributed by atoms with Gasteiger partial charge in [0.15, 0.2) is 0 Å². The van der Waals surface area contributed by atoms with Crippen LogP contribution in [0.3, 0.4) is 0 Å². The van der Waals surface area contributed by atoms with Crippen LogP contribution in [0.5, 0.6) is 0 Å². The highest BCUT2D eigenvalue weighted by Gasteiger charge is 2.25. The van der Waals surface area contributed by atoms with Gasteiger partial charge in [-0.2, -0.15) is 4.31 Å². The maximum absolute atomic E-state index is 11.7. The van der Waals surface area contributed by atoms with Crippen LogP contribution in [0.15, 0.2) is 24.3 Å². The minimum absolute atomic E-state index is 0.154. The Labute approximate surface area is 113 Å². The molecule has 0 unspecified atom stereocenters. The third-order valence-electron chi connectivity index (χ3n) is 3.39. The maximum Gasteiger partial charge on any atom is 0.213 e. The zero-order valence-corrected chi connectivity index (χ0v) is 11.8. The summed E-state index contributed by atoms with van der Waals surface area (Å²) in [7, 11) is -3.08. The van der Waals surface area contributed by atoms with Crippen molar-refractivity contribution in [2.75, 3.05) is 36.8 Å². The van der Waals surface area contributed by atoms with Crippen LogP contribution in [0.2, 0.25) is 0 Å². The molecule has 1 aromatic carbocycles. The summed E-state index contributed by atoms with van der Waals surface area (Å²) in [5.41, 5.74) is 1.68. The normalized spacial score (nSPS) is 17.4. The van der Waals surface area contributed by atoms with Crippen molar-refractivity contribution in [3.63, 3.8) is 0 Å². The van der Waals surface area contributed by atoms with E-state index in [2.05, 4.69) is 4.90 Å². The lowest BCUT2D eigenvalue weighted by atomic mass is 10.2. The molecule has 1 fully saturated rings. The molecule has 0 atom stereocenters. The van der Waals surface area contributed by atoms with Gasteiger partial charge >= 0.3 is 0 Å². The first-order chi connectivity index (χ1) is 9.06. The molecular formula is C13H18N2O3S. The molecule has 0 radical (unpaired) electrons. The summed E-state index contributed by atoms with van der Waals surface area (Å²) >= 11 is 0. The predicted molar refractivity (Wildman–Crippen MR) is 75.1 cm³/mol. The van der Waals surface area contributed by atoms with E-state index in [1.165, 1.54) is 0 Å². The van der Waals surface area contributed by atoms with Gasteiger partial charge in [-0.1, -0.05) is 0 Å². The van der Waals surface area contributed by atoms with E-state index in [1.54, 1.807) is 23.4 Å². The van der Waals surface area contributed by atoms with Crippen molar-refractivity contribution in [1.29, 1.82) is 0 Å². The number of carbonyl (C=O) groups excluding carboxylic acids is 1. The van der Waals surface area contributed by atoms with Crippen molar-refractivity contribution in [2.24, 2.45) is 0 Å². The molecule has 2 rings (SSSR count). The van der Waals surface area contributed by atoms with Gasteiger partial charge in [-0.15, -0.1) is 0 Å². The SMILES string of the molecule is CCS(=O)(=O)N1CCN(c2ccc(C=O)cc2)CC1. The van der Waals surface area contributed by atoms with E-state index in [0.29, 0.717) is 31.7 Å². The molecular weight excluding hydrogens is 264 g/mol. The number of rotatable bonds is 4. The van der Waals surface area contributed by atoms with Crippen LogP contribution >= 0.6 is 0 Å². The molecule has 1 saturated heterocycles. The summed E-state index contributed by atoms with van der Waals surface area (Å²) in [6.45, 7) is 4.07. The number of anilines is 1. The fourth-order valence-corrected chi connectivity index (χ4v) is 3.26. The van der Waals surface area contributed by atoms with Gasteiger partial charge in [0.05, 0.1) is 5.75 Å². The van der Waals surface area contributed by atoms with Crippen LogP contribution in [0.25, 0.3) is 0 Å². The van der Waals surface area contributed by atoms with Crippen molar-refractivity contribution < 1.29 is 13.2 Å². The van der Waals surface area contributed by atoms with Gasteiger partial charge in [0.25, 0.3) is 0 Å². The third kappa shape index (κ3) is 3.13. The van der Waals surface area contributed by atoms with Gasteiger partial charge < -0.3 is 4.90 Å². The van der Waals surface area contributed by atoms with E-state index in [9.17, 15) is 13.2 Å². The number of carbonyl (C=O) groups is 1. The second-order valence-corrected chi connectivity index (χ2v) is 6.75. The van der Waals surface area contributed by atoms with Crippen LogP contribution in [0.4, 0.5) is 5.69 Å². The van der Waals surface area contributed by atoms with Crippen molar-refractivity contribution in [1.82, 2.24) is 4.31 Å². The van der Waals surface area contributed by atoms with Gasteiger partial charge in [-0.05, 0) is 31.2 Å². The van der Waals surface area contributed by atoms with Crippen LogP contribution < -0.4 is 4.90 Å². The Hall–Kier alpha value is -1.40. The molecule has 104 valence electrons. The molecule has 1 heterocycles. The van der Waals surface area contributed by atoms with E-state index >= 15 is 0 Å². The number of hydrogen-bond donors (Lipinski definition) is 0.